The Bertz CT molecular complexity index is 659. The third kappa shape index (κ3) is 3.47. The fraction of sp³-hybridized carbons (Fsp3) is 0.385. The molecule has 112 valence electrons. The number of amides is 1. The molecule has 0 aliphatic rings. The van der Waals surface area contributed by atoms with Gasteiger partial charge in [0.1, 0.15) is 0 Å². The van der Waals surface area contributed by atoms with Crippen LogP contribution in [0.1, 0.15) is 32.8 Å². The van der Waals surface area contributed by atoms with E-state index in [2.05, 4.69) is 15.5 Å². The van der Waals surface area contributed by atoms with E-state index >= 15 is 0 Å². The second-order valence-electron chi connectivity index (χ2n) is 4.73. The van der Waals surface area contributed by atoms with Crippen molar-refractivity contribution in [2.24, 2.45) is 7.05 Å². The highest BCUT2D eigenvalue weighted by Gasteiger charge is 2.20. The molecule has 0 bridgehead atoms. The predicted octanol–water partition coefficient (Wildman–Crippen LogP) is 0.443. The molecule has 0 spiro atoms. The maximum Gasteiger partial charge on any atom is 0.354 e. The molecule has 8 heteroatoms. The molecule has 2 aromatic heterocycles. The summed E-state index contributed by atoms with van der Waals surface area (Å²) in [5, 5.41) is 19.7. The number of aromatic carboxylic acids is 1. The van der Waals surface area contributed by atoms with E-state index in [0.717, 1.165) is 5.56 Å². The number of nitrogens with zero attached hydrogens (tertiary/aromatic N) is 4. The molecule has 0 fully saturated rings. The number of hydrogen-bond acceptors (Lipinski definition) is 4. The number of carboxylic acids is 1. The SMILES string of the molecule is Cc1cnn(CCCNC(=O)c2cnn(C)c2C(=O)O)c1. The van der Waals surface area contributed by atoms with Crippen LogP contribution in [0.5, 0.6) is 0 Å². The van der Waals surface area contributed by atoms with Gasteiger partial charge >= 0.3 is 5.97 Å². The molecule has 2 rings (SSSR count). The maximum atomic E-state index is 11.9. The number of nitrogens with one attached hydrogen (secondary N) is 1. The highest BCUT2D eigenvalue weighted by atomic mass is 16.4. The van der Waals surface area contributed by atoms with Gasteiger partial charge in [0.05, 0.1) is 18.0 Å². The van der Waals surface area contributed by atoms with Gasteiger partial charge in [0.2, 0.25) is 0 Å². The standard InChI is InChI=1S/C13H17N5O3/c1-9-6-16-18(8-9)5-3-4-14-12(19)10-7-15-17(2)11(10)13(20)21/h6-8H,3-5H2,1-2H3,(H,14,19)(H,20,21). The van der Waals surface area contributed by atoms with Crippen LogP contribution < -0.4 is 5.32 Å². The first-order chi connectivity index (χ1) is 9.99. The summed E-state index contributed by atoms with van der Waals surface area (Å²) in [4.78, 5) is 23.0. The van der Waals surface area contributed by atoms with E-state index < -0.39 is 11.9 Å². The minimum atomic E-state index is -1.17. The number of aryl methyl sites for hydroxylation is 3. The number of aromatic nitrogens is 4. The normalized spacial score (nSPS) is 10.6. The van der Waals surface area contributed by atoms with Gasteiger partial charge in [-0.2, -0.15) is 10.2 Å². The zero-order valence-corrected chi connectivity index (χ0v) is 11.9. The van der Waals surface area contributed by atoms with Gasteiger partial charge in [-0.3, -0.25) is 14.2 Å². The molecule has 21 heavy (non-hydrogen) atoms. The van der Waals surface area contributed by atoms with E-state index in [-0.39, 0.29) is 11.3 Å². The summed E-state index contributed by atoms with van der Waals surface area (Å²) in [6, 6.07) is 0. The fourth-order valence-corrected chi connectivity index (χ4v) is 1.98. The van der Waals surface area contributed by atoms with Gasteiger partial charge in [-0.1, -0.05) is 0 Å². The van der Waals surface area contributed by atoms with Crippen LogP contribution in [-0.4, -0.2) is 43.1 Å². The van der Waals surface area contributed by atoms with E-state index in [0.29, 0.717) is 19.5 Å². The lowest BCUT2D eigenvalue weighted by atomic mass is 10.2. The largest absolute Gasteiger partial charge is 0.477 e. The van der Waals surface area contributed by atoms with Gasteiger partial charge in [0.15, 0.2) is 5.69 Å². The van der Waals surface area contributed by atoms with Crippen molar-refractivity contribution in [1.29, 1.82) is 0 Å². The van der Waals surface area contributed by atoms with Crippen LogP contribution in [0, 0.1) is 6.92 Å². The number of carbonyl (C=O) groups excluding carboxylic acids is 1. The van der Waals surface area contributed by atoms with Crippen molar-refractivity contribution in [3.63, 3.8) is 0 Å². The van der Waals surface area contributed by atoms with Crippen LogP contribution in [0.25, 0.3) is 0 Å². The summed E-state index contributed by atoms with van der Waals surface area (Å²) in [5.41, 5.74) is 1.04. The molecule has 0 saturated heterocycles. The van der Waals surface area contributed by atoms with Crippen LogP contribution in [0.15, 0.2) is 18.6 Å². The van der Waals surface area contributed by atoms with Gasteiger partial charge in [-0.05, 0) is 18.9 Å². The van der Waals surface area contributed by atoms with E-state index in [1.807, 2.05) is 13.1 Å². The Morgan fingerprint density at radius 1 is 1.33 bits per heavy atom. The molecular formula is C13H17N5O3. The van der Waals surface area contributed by atoms with Crippen LogP contribution >= 0.6 is 0 Å². The molecule has 0 aliphatic heterocycles. The summed E-state index contributed by atoms with van der Waals surface area (Å²) < 4.78 is 2.97. The van der Waals surface area contributed by atoms with Crippen molar-refractivity contribution >= 4 is 11.9 Å². The second kappa shape index (κ2) is 6.21. The molecule has 0 unspecified atom stereocenters. The first kappa shape index (κ1) is 14.8. The Kier molecular flexibility index (Phi) is 4.36. The molecule has 0 aliphatic carbocycles. The van der Waals surface area contributed by atoms with Gasteiger partial charge < -0.3 is 10.4 Å². The molecule has 0 radical (unpaired) electrons. The first-order valence-electron chi connectivity index (χ1n) is 6.51. The molecule has 2 aromatic rings. The molecule has 0 saturated carbocycles. The zero-order valence-electron chi connectivity index (χ0n) is 11.9. The lowest BCUT2D eigenvalue weighted by Crippen LogP contribution is -2.27. The topological polar surface area (TPSA) is 102 Å². The van der Waals surface area contributed by atoms with Gasteiger partial charge in [0.25, 0.3) is 5.91 Å². The van der Waals surface area contributed by atoms with Crippen LogP contribution in [-0.2, 0) is 13.6 Å². The van der Waals surface area contributed by atoms with Gasteiger partial charge in [0, 0.05) is 26.3 Å². The predicted molar refractivity (Wildman–Crippen MR) is 74.1 cm³/mol. The third-order valence-electron chi connectivity index (χ3n) is 3.00. The molecular weight excluding hydrogens is 274 g/mol. The monoisotopic (exact) mass is 291 g/mol. The Labute approximate surface area is 121 Å². The average molecular weight is 291 g/mol. The molecule has 0 atom stereocenters. The Morgan fingerprint density at radius 3 is 2.71 bits per heavy atom. The quantitative estimate of drug-likeness (QED) is 0.752. The molecule has 2 N–H and O–H groups in total. The molecule has 1 amide bonds. The zero-order chi connectivity index (χ0) is 15.4. The summed E-state index contributed by atoms with van der Waals surface area (Å²) in [5.74, 6) is -1.61. The number of carbonyl (C=O) groups is 2. The van der Waals surface area contributed by atoms with E-state index in [1.54, 1.807) is 10.9 Å². The smallest absolute Gasteiger partial charge is 0.354 e. The van der Waals surface area contributed by atoms with Crippen molar-refractivity contribution in [3.8, 4) is 0 Å². The van der Waals surface area contributed by atoms with Crippen LogP contribution in [0.2, 0.25) is 0 Å². The van der Waals surface area contributed by atoms with Gasteiger partial charge in [-0.25, -0.2) is 4.79 Å². The lowest BCUT2D eigenvalue weighted by molar-refractivity contribution is 0.0679. The molecule has 2 heterocycles. The minimum absolute atomic E-state index is 0.0694. The number of carboxylic acid groups (broad SMARTS) is 1. The van der Waals surface area contributed by atoms with Crippen molar-refractivity contribution in [1.82, 2.24) is 24.9 Å². The first-order valence-corrected chi connectivity index (χ1v) is 6.51. The molecule has 0 aromatic carbocycles. The van der Waals surface area contributed by atoms with Crippen LogP contribution in [0.3, 0.4) is 0 Å². The average Bonchev–Trinajstić information content (AvgIpc) is 3.00. The Balaban J connectivity index is 1.86. The highest BCUT2D eigenvalue weighted by molar-refractivity contribution is 6.03. The van der Waals surface area contributed by atoms with E-state index in [4.69, 9.17) is 5.11 Å². The van der Waals surface area contributed by atoms with Crippen molar-refractivity contribution in [2.75, 3.05) is 6.54 Å². The van der Waals surface area contributed by atoms with Crippen molar-refractivity contribution < 1.29 is 14.7 Å². The van der Waals surface area contributed by atoms with E-state index in [1.165, 1.54) is 17.9 Å². The third-order valence-corrected chi connectivity index (χ3v) is 3.00. The summed E-state index contributed by atoms with van der Waals surface area (Å²) in [7, 11) is 1.49. The van der Waals surface area contributed by atoms with Crippen molar-refractivity contribution in [2.45, 2.75) is 19.9 Å². The summed E-state index contributed by atoms with van der Waals surface area (Å²) in [6.07, 6.45) is 5.66. The van der Waals surface area contributed by atoms with Crippen molar-refractivity contribution in [3.05, 3.63) is 35.4 Å². The van der Waals surface area contributed by atoms with Gasteiger partial charge in [-0.15, -0.1) is 0 Å². The Morgan fingerprint density at radius 2 is 2.10 bits per heavy atom. The van der Waals surface area contributed by atoms with E-state index in [9.17, 15) is 9.59 Å². The number of hydrogen-bond donors (Lipinski definition) is 2. The molecule has 8 nitrogen and oxygen atoms in total. The highest BCUT2D eigenvalue weighted by Crippen LogP contribution is 2.07. The Hall–Kier alpha value is -2.64. The lowest BCUT2D eigenvalue weighted by Gasteiger charge is -2.05. The number of rotatable bonds is 6. The minimum Gasteiger partial charge on any atom is -0.477 e. The van der Waals surface area contributed by atoms with Crippen LogP contribution in [0.4, 0.5) is 0 Å². The summed E-state index contributed by atoms with van der Waals surface area (Å²) in [6.45, 7) is 3.08. The summed E-state index contributed by atoms with van der Waals surface area (Å²) >= 11 is 0. The fourth-order valence-electron chi connectivity index (χ4n) is 1.98. The maximum absolute atomic E-state index is 11.9. The second-order valence-corrected chi connectivity index (χ2v) is 4.73.